The number of allylic oxidation sites excluding steroid dienone is 1. The molecule has 3 aromatic rings. The van der Waals surface area contributed by atoms with Crippen LogP contribution in [-0.2, 0) is 20.7 Å². The van der Waals surface area contributed by atoms with Gasteiger partial charge in [0.1, 0.15) is 5.76 Å². The Balaban J connectivity index is 1.82. The normalized spacial score (nSPS) is 15.4. The van der Waals surface area contributed by atoms with E-state index in [9.17, 15) is 9.59 Å². The van der Waals surface area contributed by atoms with Gasteiger partial charge in [0.15, 0.2) is 6.10 Å². The predicted octanol–water partition coefficient (Wildman–Crippen LogP) is 4.03. The molecule has 1 atom stereocenters. The van der Waals surface area contributed by atoms with Gasteiger partial charge >= 0.3 is 11.9 Å². The average molecular weight is 377 g/mol. The van der Waals surface area contributed by atoms with Crippen molar-refractivity contribution in [3.05, 3.63) is 65.2 Å². The number of nitrogens with zero attached hydrogens (tertiary/aromatic N) is 1. The highest BCUT2D eigenvalue weighted by Crippen LogP contribution is 2.37. The van der Waals surface area contributed by atoms with E-state index in [0.29, 0.717) is 22.9 Å². The number of aromatic nitrogens is 1. The maximum atomic E-state index is 13.0. The maximum absolute atomic E-state index is 13.0. The van der Waals surface area contributed by atoms with Crippen molar-refractivity contribution in [3.63, 3.8) is 0 Å². The van der Waals surface area contributed by atoms with Crippen molar-refractivity contribution in [2.75, 3.05) is 7.11 Å². The molecule has 0 aliphatic heterocycles. The zero-order chi connectivity index (χ0) is 19.7. The van der Waals surface area contributed by atoms with Gasteiger partial charge in [0.2, 0.25) is 0 Å². The largest absolute Gasteiger partial charge is 0.466 e. The molecule has 6 nitrogen and oxygen atoms in total. The van der Waals surface area contributed by atoms with Gasteiger partial charge in [-0.3, -0.25) is 0 Å². The molecule has 28 heavy (non-hydrogen) atoms. The molecule has 1 aliphatic carbocycles. The van der Waals surface area contributed by atoms with Crippen LogP contribution >= 0.6 is 0 Å². The Kier molecular flexibility index (Phi) is 4.69. The van der Waals surface area contributed by atoms with Crippen LogP contribution in [0.15, 0.2) is 47.1 Å². The fourth-order valence-electron chi connectivity index (χ4n) is 3.49. The molecule has 142 valence electrons. The summed E-state index contributed by atoms with van der Waals surface area (Å²) < 4.78 is 15.5. The summed E-state index contributed by atoms with van der Waals surface area (Å²) in [5.41, 5.74) is 3.77. The lowest BCUT2D eigenvalue weighted by Crippen LogP contribution is -2.26. The van der Waals surface area contributed by atoms with E-state index in [0.717, 1.165) is 29.0 Å². The smallest absolute Gasteiger partial charge is 0.346 e. The van der Waals surface area contributed by atoms with Crippen LogP contribution in [0.5, 0.6) is 0 Å². The number of benzene rings is 1. The second-order valence-corrected chi connectivity index (χ2v) is 6.59. The van der Waals surface area contributed by atoms with E-state index in [1.807, 2.05) is 42.5 Å². The zero-order valence-corrected chi connectivity index (χ0v) is 15.6. The summed E-state index contributed by atoms with van der Waals surface area (Å²) in [5.74, 6) is -0.407. The first-order valence-electron chi connectivity index (χ1n) is 9.03. The number of fused-ring (bicyclic) bond motifs is 2. The molecule has 0 amide bonds. The lowest BCUT2D eigenvalue weighted by atomic mass is 10.0. The summed E-state index contributed by atoms with van der Waals surface area (Å²) in [6.07, 6.45) is 3.98. The molecule has 6 heteroatoms. The van der Waals surface area contributed by atoms with Gasteiger partial charge in [-0.1, -0.05) is 18.2 Å². The van der Waals surface area contributed by atoms with Crippen LogP contribution in [0, 0.1) is 0 Å². The quantitative estimate of drug-likeness (QED) is 0.639. The van der Waals surface area contributed by atoms with Crippen LogP contribution in [0.1, 0.15) is 40.7 Å². The molecule has 0 saturated carbocycles. The van der Waals surface area contributed by atoms with Crippen molar-refractivity contribution in [3.8, 4) is 0 Å². The lowest BCUT2D eigenvalue weighted by Gasteiger charge is -2.15. The number of furan rings is 1. The van der Waals surface area contributed by atoms with Gasteiger partial charge in [0.05, 0.1) is 30.1 Å². The first-order valence-corrected chi connectivity index (χ1v) is 9.03. The molecule has 2 heterocycles. The fraction of sp³-hybridized carbons (Fsp3) is 0.227. The molecule has 4 rings (SSSR count). The van der Waals surface area contributed by atoms with Gasteiger partial charge < -0.3 is 13.9 Å². The summed E-state index contributed by atoms with van der Waals surface area (Å²) in [6.45, 7) is 1.50. The second kappa shape index (κ2) is 7.31. The Bertz CT molecular complexity index is 1080. The monoisotopic (exact) mass is 377 g/mol. The first-order chi connectivity index (χ1) is 13.6. The van der Waals surface area contributed by atoms with Crippen molar-refractivity contribution in [1.82, 2.24) is 4.98 Å². The summed E-state index contributed by atoms with van der Waals surface area (Å²) >= 11 is 0. The number of methoxy groups -OCH3 is 1. The van der Waals surface area contributed by atoms with Crippen LogP contribution < -0.4 is 0 Å². The second-order valence-electron chi connectivity index (χ2n) is 6.59. The van der Waals surface area contributed by atoms with Crippen molar-refractivity contribution >= 4 is 34.5 Å². The van der Waals surface area contributed by atoms with E-state index in [1.165, 1.54) is 14.0 Å². The van der Waals surface area contributed by atoms with Gasteiger partial charge in [0.25, 0.3) is 0 Å². The molecule has 0 saturated heterocycles. The highest BCUT2D eigenvalue weighted by atomic mass is 16.6. The van der Waals surface area contributed by atoms with Gasteiger partial charge in [-0.25, -0.2) is 14.6 Å². The minimum absolute atomic E-state index is 0.458. The van der Waals surface area contributed by atoms with E-state index in [2.05, 4.69) is 4.74 Å². The highest BCUT2D eigenvalue weighted by molar-refractivity contribution is 6.07. The summed E-state index contributed by atoms with van der Waals surface area (Å²) in [7, 11) is 1.26. The van der Waals surface area contributed by atoms with Crippen LogP contribution in [0.4, 0.5) is 0 Å². The average Bonchev–Trinajstić information content (AvgIpc) is 3.36. The van der Waals surface area contributed by atoms with Crippen LogP contribution in [0.3, 0.4) is 0 Å². The molecule has 0 bridgehead atoms. The fourth-order valence-corrected chi connectivity index (χ4v) is 3.49. The minimum Gasteiger partial charge on any atom is -0.466 e. The number of pyridine rings is 1. The summed E-state index contributed by atoms with van der Waals surface area (Å²) in [6, 6.07) is 11.1. The summed E-state index contributed by atoms with van der Waals surface area (Å²) in [4.78, 5) is 29.4. The summed E-state index contributed by atoms with van der Waals surface area (Å²) in [5, 5.41) is 0.711. The molecule has 1 aliphatic rings. The topological polar surface area (TPSA) is 78.6 Å². The third-order valence-electron chi connectivity index (χ3n) is 4.82. The Labute approximate surface area is 161 Å². The zero-order valence-electron chi connectivity index (χ0n) is 15.6. The number of carbonyl (C=O) groups is 2. The third kappa shape index (κ3) is 3.17. The molecule has 0 radical (unpaired) electrons. The van der Waals surface area contributed by atoms with E-state index in [1.54, 1.807) is 6.26 Å². The first kappa shape index (κ1) is 18.0. The number of hydrogen-bond acceptors (Lipinski definition) is 6. The van der Waals surface area contributed by atoms with E-state index >= 15 is 0 Å². The Morgan fingerprint density at radius 1 is 1.18 bits per heavy atom. The van der Waals surface area contributed by atoms with Crippen molar-refractivity contribution in [2.24, 2.45) is 0 Å². The van der Waals surface area contributed by atoms with Gasteiger partial charge in [0, 0.05) is 5.39 Å². The Morgan fingerprint density at radius 3 is 2.75 bits per heavy atom. The van der Waals surface area contributed by atoms with E-state index < -0.39 is 18.0 Å². The minimum atomic E-state index is -0.986. The van der Waals surface area contributed by atoms with Crippen LogP contribution in [0.25, 0.3) is 22.6 Å². The third-order valence-corrected chi connectivity index (χ3v) is 4.82. The van der Waals surface area contributed by atoms with E-state index in [-0.39, 0.29) is 0 Å². The van der Waals surface area contributed by atoms with Gasteiger partial charge in [-0.15, -0.1) is 0 Å². The van der Waals surface area contributed by atoms with Crippen molar-refractivity contribution in [2.45, 2.75) is 25.9 Å². The number of hydrogen-bond donors (Lipinski definition) is 0. The number of ether oxygens (including phenoxy) is 2. The standard InChI is InChI=1S/C22H19NO5/c1-13(21(24)26-2)28-22(25)19-16-7-3-4-8-18(16)23-20-14(9-10-17(19)20)12-15-6-5-11-27-15/h3-8,11-13H,9-10H2,1-2H3. The molecule has 0 fully saturated rings. The predicted molar refractivity (Wildman–Crippen MR) is 104 cm³/mol. The van der Waals surface area contributed by atoms with Crippen molar-refractivity contribution < 1.29 is 23.5 Å². The Morgan fingerprint density at radius 2 is 2.00 bits per heavy atom. The molecule has 1 aromatic carbocycles. The number of rotatable bonds is 4. The van der Waals surface area contributed by atoms with Gasteiger partial charge in [-0.2, -0.15) is 0 Å². The molecule has 2 aromatic heterocycles. The lowest BCUT2D eigenvalue weighted by molar-refractivity contribution is -0.149. The molecule has 0 spiro atoms. The Hall–Kier alpha value is -3.41. The SMILES string of the molecule is COC(=O)C(C)OC(=O)c1c2c(nc3ccccc13)C(=Cc1ccco1)CC2. The maximum Gasteiger partial charge on any atom is 0.346 e. The van der Waals surface area contributed by atoms with Crippen molar-refractivity contribution in [1.29, 1.82) is 0 Å². The molecular formula is C22H19NO5. The number of carbonyl (C=O) groups excluding carboxylic acids is 2. The van der Waals surface area contributed by atoms with Crippen LogP contribution in [0.2, 0.25) is 0 Å². The molecule has 1 unspecified atom stereocenters. The number of esters is 2. The van der Waals surface area contributed by atoms with E-state index in [4.69, 9.17) is 14.1 Å². The molecule has 0 N–H and O–H groups in total. The highest BCUT2D eigenvalue weighted by Gasteiger charge is 2.29. The molecular weight excluding hydrogens is 358 g/mol. The van der Waals surface area contributed by atoms with Gasteiger partial charge in [-0.05, 0) is 55.2 Å². The number of para-hydroxylation sites is 1. The van der Waals surface area contributed by atoms with Crippen LogP contribution in [-0.4, -0.2) is 30.1 Å².